The minimum atomic E-state index is -0.102. The Morgan fingerprint density at radius 1 is 1.47 bits per heavy atom. The van der Waals surface area contributed by atoms with Gasteiger partial charge < -0.3 is 16.6 Å². The molecule has 15 heavy (non-hydrogen) atoms. The number of nitrogens with two attached hydrogens (primary N) is 2. The average Bonchev–Trinajstić information content (AvgIpc) is 2.18. The molecule has 1 rings (SSSR count). The van der Waals surface area contributed by atoms with E-state index in [1.54, 1.807) is 12.1 Å². The fraction of sp³-hybridized carbons (Fsp3) is 0.364. The van der Waals surface area contributed by atoms with E-state index in [0.717, 1.165) is 12.8 Å². The quantitative estimate of drug-likeness (QED) is 0.517. The van der Waals surface area contributed by atoms with Crippen molar-refractivity contribution in [1.82, 2.24) is 0 Å². The van der Waals surface area contributed by atoms with Gasteiger partial charge in [-0.15, -0.1) is 0 Å². The van der Waals surface area contributed by atoms with Crippen LogP contribution in [-0.2, 0) is 0 Å². The summed E-state index contributed by atoms with van der Waals surface area (Å²) in [7, 11) is 0. The predicted octanol–water partition coefficient (Wildman–Crippen LogP) is 1.23. The summed E-state index contributed by atoms with van der Waals surface area (Å²) in [5, 5.41) is 8.79. The van der Waals surface area contributed by atoms with Crippen molar-refractivity contribution in [3.05, 3.63) is 29.8 Å². The Balaban J connectivity index is 0.000000288. The minimum absolute atomic E-state index is 0.102. The van der Waals surface area contributed by atoms with Crippen molar-refractivity contribution in [1.29, 1.82) is 0 Å². The van der Waals surface area contributed by atoms with Crippen molar-refractivity contribution in [2.45, 2.75) is 25.9 Å². The number of phenolic OH excluding ortho intramolecular Hbond substituents is 1. The van der Waals surface area contributed by atoms with Crippen LogP contribution in [0.4, 0.5) is 0 Å². The maximum absolute atomic E-state index is 10.0. The molecule has 0 heterocycles. The van der Waals surface area contributed by atoms with Crippen LogP contribution in [0.15, 0.2) is 24.3 Å². The molecule has 1 aromatic carbocycles. The highest BCUT2D eigenvalue weighted by atomic mass is 16.3. The van der Waals surface area contributed by atoms with E-state index < -0.39 is 0 Å². The second-order valence-corrected chi connectivity index (χ2v) is 3.17. The molecule has 4 nitrogen and oxygen atoms in total. The molecule has 0 unspecified atom stereocenters. The lowest BCUT2D eigenvalue weighted by Crippen LogP contribution is -2.29. The highest BCUT2D eigenvalue weighted by Crippen LogP contribution is 2.07. The van der Waals surface area contributed by atoms with E-state index in [1.807, 2.05) is 0 Å². The van der Waals surface area contributed by atoms with Gasteiger partial charge in [0.25, 0.3) is 0 Å². The summed E-state index contributed by atoms with van der Waals surface area (Å²) in [5.41, 5.74) is 10.9. The predicted molar refractivity (Wildman–Crippen MR) is 60.6 cm³/mol. The SMILES string of the molecule is CCCC(N)N.O=Cc1cccc(O)c1. The normalized spacial score (nSPS) is 9.33. The third kappa shape index (κ3) is 7.66. The third-order valence-electron chi connectivity index (χ3n) is 1.63. The zero-order chi connectivity index (χ0) is 11.7. The van der Waals surface area contributed by atoms with Gasteiger partial charge in [0.15, 0.2) is 0 Å². The number of carbonyl (C=O) groups is 1. The van der Waals surface area contributed by atoms with E-state index in [9.17, 15) is 4.79 Å². The van der Waals surface area contributed by atoms with Crippen molar-refractivity contribution in [3.63, 3.8) is 0 Å². The number of benzene rings is 1. The number of phenols is 1. The van der Waals surface area contributed by atoms with Crippen molar-refractivity contribution >= 4 is 6.29 Å². The molecule has 0 aliphatic heterocycles. The van der Waals surface area contributed by atoms with Gasteiger partial charge >= 0.3 is 0 Å². The van der Waals surface area contributed by atoms with Gasteiger partial charge in [0.1, 0.15) is 12.0 Å². The summed E-state index contributed by atoms with van der Waals surface area (Å²) in [6.45, 7) is 2.06. The Hall–Kier alpha value is -1.39. The first-order valence-electron chi connectivity index (χ1n) is 4.85. The summed E-state index contributed by atoms with van der Waals surface area (Å²) in [4.78, 5) is 10.0. The molecule has 0 radical (unpaired) electrons. The number of hydrogen-bond donors (Lipinski definition) is 3. The van der Waals surface area contributed by atoms with Crippen LogP contribution in [0.25, 0.3) is 0 Å². The van der Waals surface area contributed by atoms with Gasteiger partial charge in [-0.25, -0.2) is 0 Å². The van der Waals surface area contributed by atoms with Crippen LogP contribution < -0.4 is 11.5 Å². The molecule has 0 bridgehead atoms. The lowest BCUT2D eigenvalue weighted by Gasteiger charge is -1.97. The Kier molecular flexibility index (Phi) is 7.23. The first kappa shape index (κ1) is 13.6. The van der Waals surface area contributed by atoms with E-state index in [1.165, 1.54) is 12.1 Å². The highest BCUT2D eigenvalue weighted by Gasteiger charge is 1.88. The molecule has 0 saturated heterocycles. The minimum Gasteiger partial charge on any atom is -0.508 e. The van der Waals surface area contributed by atoms with Gasteiger partial charge in [0.2, 0.25) is 0 Å². The van der Waals surface area contributed by atoms with Crippen molar-refractivity contribution in [2.75, 3.05) is 0 Å². The summed E-state index contributed by atoms with van der Waals surface area (Å²) >= 11 is 0. The Morgan fingerprint density at radius 2 is 2.13 bits per heavy atom. The molecule has 0 spiro atoms. The van der Waals surface area contributed by atoms with Crippen molar-refractivity contribution in [2.24, 2.45) is 11.5 Å². The first-order valence-corrected chi connectivity index (χ1v) is 4.85. The number of rotatable bonds is 3. The maximum Gasteiger partial charge on any atom is 0.150 e. The number of aldehydes is 1. The van der Waals surface area contributed by atoms with Gasteiger partial charge in [-0.05, 0) is 18.6 Å². The van der Waals surface area contributed by atoms with Gasteiger partial charge in [0.05, 0.1) is 6.17 Å². The summed E-state index contributed by atoms with van der Waals surface area (Å²) in [6.07, 6.45) is 2.60. The molecular formula is C11H18N2O2. The highest BCUT2D eigenvalue weighted by molar-refractivity contribution is 5.75. The van der Waals surface area contributed by atoms with Crippen LogP contribution in [0.2, 0.25) is 0 Å². The van der Waals surface area contributed by atoms with Gasteiger partial charge in [0, 0.05) is 5.56 Å². The van der Waals surface area contributed by atoms with E-state index in [-0.39, 0.29) is 11.9 Å². The number of aromatic hydroxyl groups is 1. The molecule has 0 aromatic heterocycles. The van der Waals surface area contributed by atoms with Gasteiger partial charge in [-0.3, -0.25) is 4.79 Å². The molecule has 5 N–H and O–H groups in total. The molecular weight excluding hydrogens is 192 g/mol. The fourth-order valence-electron chi connectivity index (χ4n) is 0.931. The largest absolute Gasteiger partial charge is 0.508 e. The standard InChI is InChI=1S/C7H6O2.C4H12N2/c8-5-6-2-1-3-7(9)4-6;1-2-3-4(5)6/h1-5,9H;4H,2-3,5-6H2,1H3. The van der Waals surface area contributed by atoms with Gasteiger partial charge in [-0.2, -0.15) is 0 Å². The van der Waals surface area contributed by atoms with Crippen LogP contribution in [0.3, 0.4) is 0 Å². The topological polar surface area (TPSA) is 89.3 Å². The molecule has 0 amide bonds. The molecule has 0 fully saturated rings. The van der Waals surface area contributed by atoms with Crippen LogP contribution in [-0.4, -0.2) is 17.6 Å². The summed E-state index contributed by atoms with van der Waals surface area (Å²) < 4.78 is 0. The molecule has 1 aromatic rings. The van der Waals surface area contributed by atoms with Crippen molar-refractivity contribution in [3.8, 4) is 5.75 Å². The molecule has 0 aliphatic carbocycles. The monoisotopic (exact) mass is 210 g/mol. The van der Waals surface area contributed by atoms with E-state index >= 15 is 0 Å². The zero-order valence-corrected chi connectivity index (χ0v) is 8.89. The fourth-order valence-corrected chi connectivity index (χ4v) is 0.931. The van der Waals surface area contributed by atoms with E-state index in [4.69, 9.17) is 16.6 Å². The molecule has 0 atom stereocenters. The van der Waals surface area contributed by atoms with E-state index in [2.05, 4.69) is 6.92 Å². The molecule has 0 saturated carbocycles. The Morgan fingerprint density at radius 3 is 2.40 bits per heavy atom. The number of hydrogen-bond acceptors (Lipinski definition) is 4. The van der Waals surface area contributed by atoms with Crippen LogP contribution >= 0.6 is 0 Å². The maximum atomic E-state index is 10.0. The second kappa shape index (κ2) is 7.96. The van der Waals surface area contributed by atoms with Crippen LogP contribution in [0.1, 0.15) is 30.1 Å². The van der Waals surface area contributed by atoms with Crippen LogP contribution in [0.5, 0.6) is 5.75 Å². The smallest absolute Gasteiger partial charge is 0.150 e. The lowest BCUT2D eigenvalue weighted by atomic mass is 10.2. The molecule has 84 valence electrons. The van der Waals surface area contributed by atoms with E-state index in [0.29, 0.717) is 11.8 Å². The number of carbonyl (C=O) groups excluding carboxylic acids is 1. The molecule has 0 aliphatic rings. The average molecular weight is 210 g/mol. The summed E-state index contributed by atoms with van der Waals surface area (Å²) in [5.74, 6) is 0.125. The first-order chi connectivity index (χ1) is 7.10. The molecule has 4 heteroatoms. The second-order valence-electron chi connectivity index (χ2n) is 3.17. The third-order valence-corrected chi connectivity index (χ3v) is 1.63. The summed E-state index contributed by atoms with van der Waals surface area (Å²) in [6, 6.07) is 6.19. The van der Waals surface area contributed by atoms with Crippen molar-refractivity contribution < 1.29 is 9.90 Å². The van der Waals surface area contributed by atoms with Gasteiger partial charge in [-0.1, -0.05) is 25.5 Å². The zero-order valence-electron chi connectivity index (χ0n) is 8.89. The Labute approximate surface area is 89.9 Å². The lowest BCUT2D eigenvalue weighted by molar-refractivity contribution is 0.112. The Bertz CT molecular complexity index is 288. The van der Waals surface area contributed by atoms with Crippen LogP contribution in [0, 0.1) is 0 Å².